The molecule has 0 unspecified atom stereocenters. The summed E-state index contributed by atoms with van der Waals surface area (Å²) in [5.41, 5.74) is 5.94. The number of hydrogen-bond donors (Lipinski definition) is 1. The maximum atomic E-state index is 14.5. The van der Waals surface area contributed by atoms with E-state index in [0.29, 0.717) is 72.0 Å². The zero-order valence-corrected chi connectivity index (χ0v) is 17.3. The van der Waals surface area contributed by atoms with Crippen molar-refractivity contribution >= 4 is 28.6 Å². The largest absolute Gasteiger partial charge is 0.487 e. The van der Waals surface area contributed by atoms with Gasteiger partial charge >= 0.3 is 0 Å². The molecule has 162 valence electrons. The first-order valence-electron chi connectivity index (χ1n) is 9.59. The number of primary amides is 1. The Morgan fingerprint density at radius 2 is 1.61 bits per heavy atom. The number of carbonyl (C=O) groups is 1. The van der Waals surface area contributed by atoms with Gasteiger partial charge in [0.05, 0.1) is 31.9 Å². The van der Waals surface area contributed by atoms with Crippen LogP contribution in [0.2, 0.25) is 0 Å². The number of aromatic nitrogens is 2. The molecule has 0 spiro atoms. The van der Waals surface area contributed by atoms with Gasteiger partial charge in [0.25, 0.3) is 0 Å². The van der Waals surface area contributed by atoms with E-state index in [9.17, 15) is 9.18 Å². The van der Waals surface area contributed by atoms with Crippen LogP contribution in [0, 0.1) is 5.82 Å². The minimum Gasteiger partial charge on any atom is -0.487 e. The molecule has 31 heavy (non-hydrogen) atoms. The van der Waals surface area contributed by atoms with Crippen molar-refractivity contribution in [2.24, 2.45) is 5.73 Å². The third-order valence-electron chi connectivity index (χ3n) is 4.43. The first-order chi connectivity index (χ1) is 15.1. The van der Waals surface area contributed by atoms with Crippen molar-refractivity contribution in [3.63, 3.8) is 0 Å². The van der Waals surface area contributed by atoms with Crippen molar-refractivity contribution in [3.8, 4) is 11.5 Å². The fraction of sp³-hybridized carbons (Fsp3) is 0.286. The van der Waals surface area contributed by atoms with Gasteiger partial charge in [-0.3, -0.25) is 4.79 Å². The van der Waals surface area contributed by atoms with Gasteiger partial charge in [0.15, 0.2) is 11.5 Å². The number of hydrogen-bond acceptors (Lipinski definition) is 8. The Hall–Kier alpha value is -2.95. The lowest BCUT2D eigenvalue weighted by atomic mass is 10.2. The average molecular weight is 445 g/mol. The molecule has 8 nitrogen and oxygen atoms in total. The van der Waals surface area contributed by atoms with Gasteiger partial charge in [-0.1, -0.05) is 11.8 Å². The van der Waals surface area contributed by atoms with E-state index < -0.39 is 11.7 Å². The summed E-state index contributed by atoms with van der Waals surface area (Å²) >= 11 is 1.12. The maximum absolute atomic E-state index is 14.5. The van der Waals surface area contributed by atoms with Crippen molar-refractivity contribution < 1.29 is 28.1 Å². The van der Waals surface area contributed by atoms with Gasteiger partial charge in [-0.15, -0.1) is 0 Å². The lowest BCUT2D eigenvalue weighted by molar-refractivity contribution is 0.0224. The lowest BCUT2D eigenvalue weighted by Gasteiger charge is -2.16. The van der Waals surface area contributed by atoms with Gasteiger partial charge in [-0.05, 0) is 24.3 Å². The van der Waals surface area contributed by atoms with Crippen molar-refractivity contribution in [1.82, 2.24) is 9.97 Å². The van der Waals surface area contributed by atoms with Crippen molar-refractivity contribution in [3.05, 3.63) is 48.0 Å². The number of rotatable bonds is 3. The molecule has 0 saturated carbocycles. The molecule has 2 N–H and O–H groups in total. The molecule has 0 saturated heterocycles. The minimum absolute atomic E-state index is 0.103. The zero-order valence-electron chi connectivity index (χ0n) is 16.5. The molecule has 1 aromatic heterocycles. The van der Waals surface area contributed by atoms with E-state index in [1.54, 1.807) is 12.1 Å². The monoisotopic (exact) mass is 445 g/mol. The Kier molecular flexibility index (Phi) is 6.80. The predicted molar refractivity (Wildman–Crippen MR) is 111 cm³/mol. The lowest BCUT2D eigenvalue weighted by Crippen LogP contribution is -2.15. The van der Waals surface area contributed by atoms with Crippen LogP contribution in [0.3, 0.4) is 0 Å². The Morgan fingerprint density at radius 1 is 0.935 bits per heavy atom. The molecule has 1 aliphatic rings. The van der Waals surface area contributed by atoms with Crippen LogP contribution in [0.25, 0.3) is 10.9 Å². The fourth-order valence-corrected chi connectivity index (χ4v) is 3.81. The van der Waals surface area contributed by atoms with Gasteiger partial charge in [0, 0.05) is 21.9 Å². The predicted octanol–water partition coefficient (Wildman–Crippen LogP) is 2.82. The highest BCUT2D eigenvalue weighted by molar-refractivity contribution is 7.99. The molecule has 0 atom stereocenters. The van der Waals surface area contributed by atoms with Crippen LogP contribution < -0.4 is 15.2 Å². The van der Waals surface area contributed by atoms with Crippen molar-refractivity contribution in [2.45, 2.75) is 9.92 Å². The number of amides is 1. The van der Waals surface area contributed by atoms with Gasteiger partial charge in [-0.25, -0.2) is 14.4 Å². The van der Waals surface area contributed by atoms with Gasteiger partial charge in [-0.2, -0.15) is 0 Å². The van der Waals surface area contributed by atoms with Crippen LogP contribution in [0.5, 0.6) is 11.5 Å². The molecular weight excluding hydrogens is 425 g/mol. The molecule has 1 amide bonds. The standard InChI is InChI=1S/C21H20FN3O5S/c22-15-9-13(20(23)26)1-2-19(15)31-21-14-10-17-18(11-16(14)24-12-25-21)30-8-6-28-4-3-27-5-7-29-17/h1-2,9-12H,3-8H2,(H2,23,26). The SMILES string of the molecule is NC(=O)c1ccc(Sc2ncnc3cc4c(cc23)OCCOCCOCCO4)c(F)c1. The molecule has 0 aliphatic carbocycles. The smallest absolute Gasteiger partial charge is 0.248 e. The quantitative estimate of drug-likeness (QED) is 0.614. The number of fused-ring (bicyclic) bond motifs is 2. The van der Waals surface area contributed by atoms with Gasteiger partial charge < -0.3 is 24.7 Å². The number of ether oxygens (including phenoxy) is 4. The molecule has 3 aromatic rings. The number of nitrogens with two attached hydrogens (primary N) is 1. The van der Waals surface area contributed by atoms with Crippen LogP contribution in [-0.2, 0) is 9.47 Å². The maximum Gasteiger partial charge on any atom is 0.248 e. The summed E-state index contributed by atoms with van der Waals surface area (Å²) in [4.78, 5) is 20.2. The van der Waals surface area contributed by atoms with Crippen LogP contribution in [0.1, 0.15) is 10.4 Å². The summed E-state index contributed by atoms with van der Waals surface area (Å²) in [5, 5.41) is 1.21. The molecule has 0 radical (unpaired) electrons. The highest BCUT2D eigenvalue weighted by atomic mass is 32.2. The molecule has 2 heterocycles. The zero-order chi connectivity index (χ0) is 21.6. The molecule has 1 aliphatic heterocycles. The highest BCUT2D eigenvalue weighted by Gasteiger charge is 2.16. The van der Waals surface area contributed by atoms with E-state index in [2.05, 4.69) is 9.97 Å². The van der Waals surface area contributed by atoms with E-state index in [1.165, 1.54) is 18.5 Å². The molecule has 10 heteroatoms. The first kappa shape index (κ1) is 21.3. The summed E-state index contributed by atoms with van der Waals surface area (Å²) in [7, 11) is 0. The summed E-state index contributed by atoms with van der Waals surface area (Å²) in [6.07, 6.45) is 1.40. The number of benzene rings is 2. The molecule has 4 rings (SSSR count). The number of carbonyl (C=O) groups excluding carboxylic acids is 1. The van der Waals surface area contributed by atoms with E-state index >= 15 is 0 Å². The van der Waals surface area contributed by atoms with E-state index in [1.807, 2.05) is 0 Å². The molecule has 0 bridgehead atoms. The van der Waals surface area contributed by atoms with Crippen molar-refractivity contribution in [2.75, 3.05) is 39.6 Å². The number of halogens is 1. The Labute approximate surface area is 181 Å². The second kappa shape index (κ2) is 9.90. The van der Waals surface area contributed by atoms with Gasteiger partial charge in [0.1, 0.15) is 30.4 Å². The summed E-state index contributed by atoms with van der Waals surface area (Å²) in [5.74, 6) is -0.205. The Balaban J connectivity index is 1.67. The molecular formula is C21H20FN3O5S. The second-order valence-electron chi connectivity index (χ2n) is 6.53. The number of nitrogens with zero attached hydrogens (tertiary/aromatic N) is 2. The van der Waals surface area contributed by atoms with Crippen LogP contribution in [0.15, 0.2) is 46.6 Å². The average Bonchev–Trinajstić information content (AvgIpc) is 2.75. The summed E-state index contributed by atoms with van der Waals surface area (Å²) in [6.45, 7) is 2.51. The van der Waals surface area contributed by atoms with Crippen LogP contribution >= 0.6 is 11.8 Å². The Morgan fingerprint density at radius 3 is 2.29 bits per heavy atom. The van der Waals surface area contributed by atoms with Crippen molar-refractivity contribution in [1.29, 1.82) is 0 Å². The summed E-state index contributed by atoms with van der Waals surface area (Å²) < 4.78 is 37.1. The minimum atomic E-state index is -0.689. The van der Waals surface area contributed by atoms with E-state index in [-0.39, 0.29) is 5.56 Å². The Bertz CT molecular complexity index is 1100. The third kappa shape index (κ3) is 5.22. The highest BCUT2D eigenvalue weighted by Crippen LogP contribution is 2.38. The normalized spacial score (nSPS) is 15.1. The second-order valence-corrected chi connectivity index (χ2v) is 7.56. The molecule has 2 aromatic carbocycles. The fourth-order valence-electron chi connectivity index (χ4n) is 2.93. The third-order valence-corrected chi connectivity index (χ3v) is 5.50. The van der Waals surface area contributed by atoms with E-state index in [4.69, 9.17) is 24.7 Å². The topological polar surface area (TPSA) is 106 Å². The van der Waals surface area contributed by atoms with E-state index in [0.717, 1.165) is 17.8 Å². The molecule has 0 fully saturated rings. The first-order valence-corrected chi connectivity index (χ1v) is 10.4. The van der Waals surface area contributed by atoms with Gasteiger partial charge in [0.2, 0.25) is 5.91 Å². The van der Waals surface area contributed by atoms with Crippen LogP contribution in [0.4, 0.5) is 4.39 Å². The van der Waals surface area contributed by atoms with Crippen LogP contribution in [-0.4, -0.2) is 55.5 Å². The summed E-state index contributed by atoms with van der Waals surface area (Å²) in [6, 6.07) is 7.62.